The van der Waals surface area contributed by atoms with E-state index >= 15 is 0 Å². The summed E-state index contributed by atoms with van der Waals surface area (Å²) in [7, 11) is -1.91. The summed E-state index contributed by atoms with van der Waals surface area (Å²) in [5.41, 5.74) is 0.162. The number of nitrogens with one attached hydrogen (secondary N) is 1. The molecule has 1 aromatic rings. The lowest BCUT2D eigenvalue weighted by Gasteiger charge is -2.39. The van der Waals surface area contributed by atoms with Crippen molar-refractivity contribution in [2.75, 3.05) is 18.8 Å². The number of hydrogen-bond donors (Lipinski definition) is 1. The Balaban J connectivity index is 2.19. The minimum absolute atomic E-state index is 0.0952. The number of aromatic nitrogens is 2. The Morgan fingerprint density at radius 2 is 1.96 bits per heavy atom. The van der Waals surface area contributed by atoms with E-state index in [2.05, 4.69) is 9.82 Å². The predicted octanol–water partition coefficient (Wildman–Crippen LogP) is 1.82. The van der Waals surface area contributed by atoms with Crippen LogP contribution in [0.1, 0.15) is 70.1 Å². The van der Waals surface area contributed by atoms with Crippen molar-refractivity contribution in [1.82, 2.24) is 19.4 Å². The van der Waals surface area contributed by atoms with E-state index < -0.39 is 21.3 Å². The molecule has 0 bridgehead atoms. The van der Waals surface area contributed by atoms with Gasteiger partial charge >= 0.3 is 0 Å². The Kier molecular flexibility index (Phi) is 6.28. The van der Waals surface area contributed by atoms with Gasteiger partial charge in [-0.3, -0.25) is 19.0 Å². The highest BCUT2D eigenvalue weighted by molar-refractivity contribution is 7.90. The molecule has 2 heterocycles. The summed E-state index contributed by atoms with van der Waals surface area (Å²) in [6.45, 7) is 10.3. The summed E-state index contributed by atoms with van der Waals surface area (Å²) in [5, 5.41) is 4.45. The van der Waals surface area contributed by atoms with Crippen molar-refractivity contribution in [1.29, 1.82) is 0 Å². The van der Waals surface area contributed by atoms with Gasteiger partial charge in [0.2, 0.25) is 15.9 Å². The molecule has 9 heteroatoms. The first-order chi connectivity index (χ1) is 12.8. The second-order valence-electron chi connectivity index (χ2n) is 8.93. The van der Waals surface area contributed by atoms with Gasteiger partial charge in [0, 0.05) is 25.6 Å². The molecule has 1 N–H and O–H groups in total. The number of amides is 2. The lowest BCUT2D eigenvalue weighted by atomic mass is 9.81. The summed E-state index contributed by atoms with van der Waals surface area (Å²) in [6.07, 6.45) is 1.59. The zero-order valence-electron chi connectivity index (χ0n) is 17.7. The third-order valence-electron chi connectivity index (χ3n) is 5.12. The molecule has 0 saturated carbocycles. The number of rotatable bonds is 5. The fraction of sp³-hybridized carbons (Fsp3) is 0.737. The van der Waals surface area contributed by atoms with E-state index in [1.807, 2.05) is 20.8 Å². The second kappa shape index (κ2) is 7.85. The zero-order valence-corrected chi connectivity index (χ0v) is 18.5. The summed E-state index contributed by atoms with van der Waals surface area (Å²) in [4.78, 5) is 27.4. The number of aryl methyl sites for hydroxylation is 1. The van der Waals surface area contributed by atoms with Gasteiger partial charge in [0.25, 0.3) is 5.91 Å². The molecule has 0 aromatic carbocycles. The van der Waals surface area contributed by atoms with Crippen molar-refractivity contribution in [3.63, 3.8) is 0 Å². The van der Waals surface area contributed by atoms with Gasteiger partial charge in [-0.2, -0.15) is 5.10 Å². The number of hydrogen-bond acceptors (Lipinski definition) is 5. The number of nitrogens with zero attached hydrogens (tertiary/aromatic N) is 3. The Bertz CT molecular complexity index is 854. The Morgan fingerprint density at radius 1 is 1.32 bits per heavy atom. The SMILES string of the molecule is CCCS(=O)(=O)NC(=O)C1(C)CCCN(C(=O)c2cc(C(C)(C)C)nn2C)C1. The fourth-order valence-electron chi connectivity index (χ4n) is 3.38. The Morgan fingerprint density at radius 3 is 2.50 bits per heavy atom. The maximum Gasteiger partial charge on any atom is 0.272 e. The maximum absolute atomic E-state index is 13.1. The van der Waals surface area contributed by atoms with Crippen molar-refractivity contribution in [3.05, 3.63) is 17.5 Å². The molecule has 2 rings (SSSR count). The largest absolute Gasteiger partial charge is 0.336 e. The van der Waals surface area contributed by atoms with Crippen LogP contribution >= 0.6 is 0 Å². The first-order valence-corrected chi connectivity index (χ1v) is 11.3. The van der Waals surface area contributed by atoms with E-state index in [1.54, 1.807) is 36.5 Å². The van der Waals surface area contributed by atoms with Crippen molar-refractivity contribution >= 4 is 21.8 Å². The summed E-state index contributed by atoms with van der Waals surface area (Å²) < 4.78 is 27.7. The third kappa shape index (κ3) is 4.92. The number of sulfonamides is 1. The summed E-state index contributed by atoms with van der Waals surface area (Å²) in [5.74, 6) is -0.832. The van der Waals surface area contributed by atoms with Crippen LogP contribution in [0, 0.1) is 5.41 Å². The molecular weight excluding hydrogens is 380 g/mol. The Labute approximate surface area is 167 Å². The number of piperidine rings is 1. The third-order valence-corrected chi connectivity index (χ3v) is 6.56. The second-order valence-corrected chi connectivity index (χ2v) is 10.8. The van der Waals surface area contributed by atoms with Gasteiger partial charge < -0.3 is 4.90 Å². The molecule has 28 heavy (non-hydrogen) atoms. The van der Waals surface area contributed by atoms with Crippen LogP contribution in [0.2, 0.25) is 0 Å². The molecule has 1 atom stereocenters. The molecule has 1 fully saturated rings. The molecule has 1 aliphatic heterocycles. The molecule has 2 amide bonds. The van der Waals surface area contributed by atoms with Crippen LogP contribution in [0.15, 0.2) is 6.07 Å². The topological polar surface area (TPSA) is 101 Å². The van der Waals surface area contributed by atoms with Crippen LogP contribution in [0.25, 0.3) is 0 Å². The molecule has 0 aliphatic carbocycles. The summed E-state index contributed by atoms with van der Waals surface area (Å²) in [6, 6.07) is 1.79. The number of carbonyl (C=O) groups is 2. The predicted molar refractivity (Wildman–Crippen MR) is 107 cm³/mol. The average molecular weight is 413 g/mol. The molecule has 1 unspecified atom stereocenters. The molecule has 8 nitrogen and oxygen atoms in total. The zero-order chi connectivity index (χ0) is 21.3. The first-order valence-electron chi connectivity index (χ1n) is 9.68. The van der Waals surface area contributed by atoms with E-state index in [0.717, 1.165) is 5.69 Å². The molecule has 158 valence electrons. The van der Waals surface area contributed by atoms with Gasteiger partial charge in [0.05, 0.1) is 16.9 Å². The van der Waals surface area contributed by atoms with E-state index in [-0.39, 0.29) is 23.6 Å². The van der Waals surface area contributed by atoms with E-state index in [4.69, 9.17) is 0 Å². The fourth-order valence-corrected chi connectivity index (χ4v) is 4.55. The van der Waals surface area contributed by atoms with Gasteiger partial charge in [0.1, 0.15) is 5.69 Å². The van der Waals surface area contributed by atoms with Crippen LogP contribution in [0.4, 0.5) is 0 Å². The van der Waals surface area contributed by atoms with Crippen LogP contribution < -0.4 is 4.72 Å². The first kappa shape index (κ1) is 22.4. The van der Waals surface area contributed by atoms with E-state index in [0.29, 0.717) is 31.5 Å². The van der Waals surface area contributed by atoms with Gasteiger partial charge in [-0.25, -0.2) is 8.42 Å². The summed E-state index contributed by atoms with van der Waals surface area (Å²) >= 11 is 0. The highest BCUT2D eigenvalue weighted by Crippen LogP contribution is 2.31. The van der Waals surface area contributed by atoms with Gasteiger partial charge in [-0.1, -0.05) is 27.7 Å². The van der Waals surface area contributed by atoms with E-state index in [9.17, 15) is 18.0 Å². The van der Waals surface area contributed by atoms with Crippen LogP contribution in [-0.4, -0.2) is 53.8 Å². The highest BCUT2D eigenvalue weighted by atomic mass is 32.2. The number of carbonyl (C=O) groups excluding carboxylic acids is 2. The molecule has 1 saturated heterocycles. The van der Waals surface area contributed by atoms with E-state index in [1.165, 1.54) is 0 Å². The van der Waals surface area contributed by atoms with Crippen LogP contribution in [0.5, 0.6) is 0 Å². The lowest BCUT2D eigenvalue weighted by molar-refractivity contribution is -0.130. The molecule has 0 spiro atoms. The van der Waals surface area contributed by atoms with Gasteiger partial charge in [0.15, 0.2) is 0 Å². The van der Waals surface area contributed by atoms with Crippen molar-refractivity contribution in [2.24, 2.45) is 12.5 Å². The number of likely N-dealkylation sites (tertiary alicyclic amines) is 1. The Hall–Kier alpha value is -1.90. The standard InChI is InChI=1S/C19H32N4O4S/c1-7-11-28(26,27)21-17(25)19(5)9-8-10-23(13-19)16(24)14-12-15(18(2,3)4)20-22(14)6/h12H,7-11,13H2,1-6H3,(H,21,25). The minimum Gasteiger partial charge on any atom is -0.336 e. The maximum atomic E-state index is 13.1. The van der Waals surface area contributed by atoms with Crippen LogP contribution in [-0.2, 0) is 27.3 Å². The highest BCUT2D eigenvalue weighted by Gasteiger charge is 2.41. The monoisotopic (exact) mass is 412 g/mol. The average Bonchev–Trinajstić information content (AvgIpc) is 2.95. The van der Waals surface area contributed by atoms with Gasteiger partial charge in [-0.05, 0) is 32.3 Å². The quantitative estimate of drug-likeness (QED) is 0.795. The van der Waals surface area contributed by atoms with Crippen molar-refractivity contribution in [3.8, 4) is 0 Å². The molecule has 1 aliphatic rings. The normalized spacial score (nSPS) is 20.9. The van der Waals surface area contributed by atoms with Crippen LogP contribution in [0.3, 0.4) is 0 Å². The lowest BCUT2D eigenvalue weighted by Crippen LogP contribution is -2.53. The van der Waals surface area contributed by atoms with Gasteiger partial charge in [-0.15, -0.1) is 0 Å². The van der Waals surface area contributed by atoms with Crippen molar-refractivity contribution < 1.29 is 18.0 Å². The van der Waals surface area contributed by atoms with Crippen molar-refractivity contribution in [2.45, 2.75) is 59.3 Å². The molecule has 0 radical (unpaired) electrons. The minimum atomic E-state index is -3.65. The smallest absolute Gasteiger partial charge is 0.272 e. The molecule has 1 aromatic heterocycles. The molecular formula is C19H32N4O4S.